The largest absolute Gasteiger partial charge is 0.375 e. The molecule has 0 aromatic carbocycles. The lowest BCUT2D eigenvalue weighted by molar-refractivity contribution is -0.0405. The third-order valence-electron chi connectivity index (χ3n) is 11.0. The summed E-state index contributed by atoms with van der Waals surface area (Å²) < 4.78 is 6.41. The second-order valence-corrected chi connectivity index (χ2v) is 16.2. The molecule has 0 aliphatic rings. The summed E-state index contributed by atoms with van der Waals surface area (Å²) in [6, 6.07) is 0. The summed E-state index contributed by atoms with van der Waals surface area (Å²) in [5, 5.41) is 0. The number of ether oxygens (including phenoxy) is 1. The lowest BCUT2D eigenvalue weighted by Gasteiger charge is -2.27. The van der Waals surface area contributed by atoms with Crippen molar-refractivity contribution in [3.63, 3.8) is 0 Å². The van der Waals surface area contributed by atoms with Crippen LogP contribution in [-0.4, -0.2) is 12.2 Å². The van der Waals surface area contributed by atoms with Crippen LogP contribution in [0.15, 0.2) is 0 Å². The van der Waals surface area contributed by atoms with Gasteiger partial charge in [0.2, 0.25) is 0 Å². The van der Waals surface area contributed by atoms with Crippen LogP contribution < -0.4 is 0 Å². The molecule has 0 spiro atoms. The molecule has 0 amide bonds. The van der Waals surface area contributed by atoms with Crippen molar-refractivity contribution >= 4 is 0 Å². The summed E-state index contributed by atoms with van der Waals surface area (Å²) in [7, 11) is 0. The average molecular weight is 649 g/mol. The van der Waals surface area contributed by atoms with Gasteiger partial charge in [-0.05, 0) is 39.0 Å². The normalized spacial score (nSPS) is 12.1. The molecule has 0 saturated carbocycles. The summed E-state index contributed by atoms with van der Waals surface area (Å²) in [5.74, 6) is 0.776. The van der Waals surface area contributed by atoms with Gasteiger partial charge in [-0.1, -0.05) is 239 Å². The van der Waals surface area contributed by atoms with E-state index < -0.39 is 0 Å². The molecule has 0 unspecified atom stereocenters. The third-order valence-corrected chi connectivity index (χ3v) is 11.0. The van der Waals surface area contributed by atoms with E-state index in [-0.39, 0.29) is 5.60 Å². The Balaban J connectivity index is 3.71. The minimum absolute atomic E-state index is 0.0424. The van der Waals surface area contributed by atoms with Crippen molar-refractivity contribution in [1.29, 1.82) is 0 Å². The highest BCUT2D eigenvalue weighted by Crippen LogP contribution is 2.24. The first-order chi connectivity index (χ1) is 22.6. The predicted molar refractivity (Wildman–Crippen MR) is 211 cm³/mol. The molecular formula is C45H92O. The van der Waals surface area contributed by atoms with Crippen LogP contribution in [-0.2, 0) is 4.74 Å². The quantitative estimate of drug-likeness (QED) is 0.0601. The van der Waals surface area contributed by atoms with Crippen molar-refractivity contribution in [1.82, 2.24) is 0 Å². The monoisotopic (exact) mass is 649 g/mol. The first-order valence-corrected chi connectivity index (χ1v) is 22.2. The maximum atomic E-state index is 6.41. The predicted octanol–water partition coefficient (Wildman–Crippen LogP) is 16.9. The molecular weight excluding hydrogens is 556 g/mol. The summed E-state index contributed by atoms with van der Waals surface area (Å²) >= 11 is 0. The highest BCUT2D eigenvalue weighted by molar-refractivity contribution is 4.68. The topological polar surface area (TPSA) is 9.23 Å². The maximum absolute atomic E-state index is 6.41. The second kappa shape index (κ2) is 37.8. The molecule has 0 aromatic rings. The van der Waals surface area contributed by atoms with Crippen molar-refractivity contribution in [2.75, 3.05) is 6.61 Å². The standard InChI is InChI=1S/C45H92O/c1-6-9-11-13-15-17-19-21-23-25-27-29-31-33-35-37-39-41-44(43-46-45(4,5)8-3)42-40-38-36-34-32-30-28-26-24-22-20-18-16-14-12-10-7-2/h44H,6-43H2,1-5H3. The van der Waals surface area contributed by atoms with Gasteiger partial charge in [0.15, 0.2) is 0 Å². The Kier molecular flexibility index (Phi) is 37.7. The van der Waals surface area contributed by atoms with Gasteiger partial charge < -0.3 is 4.74 Å². The van der Waals surface area contributed by atoms with Crippen LogP contribution in [0.4, 0.5) is 0 Å². The molecule has 0 bridgehead atoms. The van der Waals surface area contributed by atoms with Gasteiger partial charge in [0.25, 0.3) is 0 Å². The number of unbranched alkanes of at least 4 members (excludes halogenated alkanes) is 32. The fraction of sp³-hybridized carbons (Fsp3) is 1.00. The van der Waals surface area contributed by atoms with E-state index in [0.29, 0.717) is 0 Å². The molecule has 0 radical (unpaired) electrons. The summed E-state index contributed by atoms with van der Waals surface area (Å²) in [5.41, 5.74) is 0.0424. The van der Waals surface area contributed by atoms with Gasteiger partial charge in [-0.15, -0.1) is 0 Å². The Bertz CT molecular complexity index is 501. The second-order valence-electron chi connectivity index (χ2n) is 16.2. The summed E-state index contributed by atoms with van der Waals surface area (Å²) in [6.45, 7) is 12.4. The van der Waals surface area contributed by atoms with Gasteiger partial charge in [-0.2, -0.15) is 0 Å². The third kappa shape index (κ3) is 36.8. The van der Waals surface area contributed by atoms with E-state index in [2.05, 4.69) is 34.6 Å². The van der Waals surface area contributed by atoms with Gasteiger partial charge in [-0.25, -0.2) is 0 Å². The zero-order chi connectivity index (χ0) is 33.7. The lowest BCUT2D eigenvalue weighted by atomic mass is 9.94. The van der Waals surface area contributed by atoms with E-state index in [9.17, 15) is 0 Å². The van der Waals surface area contributed by atoms with Crippen LogP contribution in [0.1, 0.15) is 272 Å². The van der Waals surface area contributed by atoms with Gasteiger partial charge in [0, 0.05) is 0 Å². The molecule has 0 saturated heterocycles. The number of hydrogen-bond donors (Lipinski definition) is 0. The minimum Gasteiger partial charge on any atom is -0.375 e. The van der Waals surface area contributed by atoms with E-state index in [1.165, 1.54) is 231 Å². The Labute approximate surface area is 294 Å². The fourth-order valence-corrected chi connectivity index (χ4v) is 7.07. The summed E-state index contributed by atoms with van der Waals surface area (Å²) in [4.78, 5) is 0. The van der Waals surface area contributed by atoms with Crippen LogP contribution in [0.25, 0.3) is 0 Å². The number of rotatable bonds is 40. The molecule has 0 aromatic heterocycles. The van der Waals surface area contributed by atoms with E-state index in [1.54, 1.807) is 0 Å². The van der Waals surface area contributed by atoms with Crippen molar-refractivity contribution in [2.24, 2.45) is 5.92 Å². The van der Waals surface area contributed by atoms with Crippen molar-refractivity contribution in [3.05, 3.63) is 0 Å². The molecule has 1 heteroatoms. The molecule has 0 atom stereocenters. The highest BCUT2D eigenvalue weighted by atomic mass is 16.5. The first kappa shape index (κ1) is 46.0. The van der Waals surface area contributed by atoms with E-state index in [0.717, 1.165) is 18.9 Å². The Morgan fingerprint density at radius 3 is 0.761 bits per heavy atom. The Morgan fingerprint density at radius 1 is 0.326 bits per heavy atom. The molecule has 0 aliphatic heterocycles. The zero-order valence-electron chi connectivity index (χ0n) is 33.4. The van der Waals surface area contributed by atoms with E-state index in [1.807, 2.05) is 0 Å². The zero-order valence-corrected chi connectivity index (χ0v) is 33.4. The molecule has 0 rings (SSSR count). The van der Waals surface area contributed by atoms with Crippen LogP contribution in [0.5, 0.6) is 0 Å². The van der Waals surface area contributed by atoms with Crippen molar-refractivity contribution in [2.45, 2.75) is 278 Å². The van der Waals surface area contributed by atoms with Gasteiger partial charge in [0.1, 0.15) is 0 Å². The Morgan fingerprint density at radius 2 is 0.543 bits per heavy atom. The molecule has 0 fully saturated rings. The SMILES string of the molecule is CCCCCCCCCCCCCCCCCCCC(CCCCCCCCCCCCCCCCCCC)COC(C)(C)CC. The highest BCUT2D eigenvalue weighted by Gasteiger charge is 2.18. The van der Waals surface area contributed by atoms with Gasteiger partial charge in [0.05, 0.1) is 12.2 Å². The first-order valence-electron chi connectivity index (χ1n) is 22.2. The van der Waals surface area contributed by atoms with Crippen LogP contribution in [0, 0.1) is 5.92 Å². The van der Waals surface area contributed by atoms with Crippen molar-refractivity contribution in [3.8, 4) is 0 Å². The molecule has 278 valence electrons. The fourth-order valence-electron chi connectivity index (χ4n) is 7.07. The van der Waals surface area contributed by atoms with Gasteiger partial charge in [-0.3, -0.25) is 0 Å². The molecule has 46 heavy (non-hydrogen) atoms. The molecule has 0 aliphatic carbocycles. The van der Waals surface area contributed by atoms with Gasteiger partial charge >= 0.3 is 0 Å². The number of hydrogen-bond acceptors (Lipinski definition) is 1. The van der Waals surface area contributed by atoms with E-state index >= 15 is 0 Å². The van der Waals surface area contributed by atoms with Crippen LogP contribution in [0.2, 0.25) is 0 Å². The smallest absolute Gasteiger partial charge is 0.0624 e. The van der Waals surface area contributed by atoms with E-state index in [4.69, 9.17) is 4.74 Å². The molecule has 0 N–H and O–H groups in total. The summed E-state index contributed by atoms with van der Waals surface area (Å²) in [6.07, 6.45) is 53.4. The molecule has 1 nitrogen and oxygen atoms in total. The van der Waals surface area contributed by atoms with Crippen LogP contribution in [0.3, 0.4) is 0 Å². The Hall–Kier alpha value is -0.0400. The minimum atomic E-state index is 0.0424. The van der Waals surface area contributed by atoms with Crippen LogP contribution >= 0.6 is 0 Å². The van der Waals surface area contributed by atoms with Crippen molar-refractivity contribution < 1.29 is 4.74 Å². The average Bonchev–Trinajstić information content (AvgIpc) is 3.06. The lowest BCUT2D eigenvalue weighted by Crippen LogP contribution is -2.26. The maximum Gasteiger partial charge on any atom is 0.0624 e. The molecule has 0 heterocycles.